The number of alkyl halides is 3. The van der Waals surface area contributed by atoms with Gasteiger partial charge < -0.3 is 10.8 Å². The fraction of sp³-hybridized carbons (Fsp3) is 0.538. The van der Waals surface area contributed by atoms with Gasteiger partial charge in [-0.3, -0.25) is 0 Å². The van der Waals surface area contributed by atoms with Gasteiger partial charge in [-0.15, -0.1) is 0 Å². The number of nitrogen functional groups attached to an aromatic ring is 1. The number of hydrogen-bond donors (Lipinski definition) is 2. The Morgan fingerprint density at radius 2 is 1.95 bits per heavy atom. The molecule has 0 bridgehead atoms. The van der Waals surface area contributed by atoms with E-state index in [-0.39, 0.29) is 35.6 Å². The molecule has 0 aromatic heterocycles. The molecule has 0 saturated heterocycles. The molecule has 0 radical (unpaired) electrons. The molecule has 120 valence electrons. The van der Waals surface area contributed by atoms with Gasteiger partial charge in [0.05, 0.1) is 17.4 Å². The maximum atomic E-state index is 12.6. The van der Waals surface area contributed by atoms with Gasteiger partial charge in [-0.1, -0.05) is 6.92 Å². The minimum atomic E-state index is -4.52. The minimum Gasteiger partial charge on any atom is -0.398 e. The standard InChI is InChI=1S/C13H18F3NO3S/c1-2-21(19,20)7-3-4-12(18)10-8-9(13(14,15)16)5-6-11(10)17/h5-6,8,12,18H,2-4,7,17H2,1H3. The van der Waals surface area contributed by atoms with Crippen LogP contribution in [0.5, 0.6) is 0 Å². The summed E-state index contributed by atoms with van der Waals surface area (Å²) in [5.74, 6) is -0.117. The van der Waals surface area contributed by atoms with Crippen LogP contribution in [0.3, 0.4) is 0 Å². The van der Waals surface area contributed by atoms with E-state index in [2.05, 4.69) is 0 Å². The lowest BCUT2D eigenvalue weighted by molar-refractivity contribution is -0.137. The Morgan fingerprint density at radius 3 is 2.48 bits per heavy atom. The van der Waals surface area contributed by atoms with Crippen molar-refractivity contribution >= 4 is 15.5 Å². The number of hydrogen-bond acceptors (Lipinski definition) is 4. The van der Waals surface area contributed by atoms with E-state index in [0.717, 1.165) is 18.2 Å². The van der Waals surface area contributed by atoms with Gasteiger partial charge in [-0.2, -0.15) is 13.2 Å². The van der Waals surface area contributed by atoms with Crippen molar-refractivity contribution in [3.8, 4) is 0 Å². The fourth-order valence-electron chi connectivity index (χ4n) is 1.84. The van der Waals surface area contributed by atoms with E-state index in [1.54, 1.807) is 0 Å². The number of sulfone groups is 1. The molecule has 21 heavy (non-hydrogen) atoms. The molecule has 4 nitrogen and oxygen atoms in total. The van der Waals surface area contributed by atoms with Crippen molar-refractivity contribution in [1.29, 1.82) is 0 Å². The van der Waals surface area contributed by atoms with E-state index < -0.39 is 27.7 Å². The first kappa shape index (κ1) is 17.8. The zero-order valence-corrected chi connectivity index (χ0v) is 12.3. The highest BCUT2D eigenvalue weighted by atomic mass is 32.2. The second-order valence-electron chi connectivity index (χ2n) is 4.74. The van der Waals surface area contributed by atoms with Gasteiger partial charge in [0, 0.05) is 17.0 Å². The summed E-state index contributed by atoms with van der Waals surface area (Å²) in [4.78, 5) is 0. The van der Waals surface area contributed by atoms with Crippen molar-refractivity contribution in [1.82, 2.24) is 0 Å². The monoisotopic (exact) mass is 325 g/mol. The highest BCUT2D eigenvalue weighted by Gasteiger charge is 2.31. The molecular formula is C13H18F3NO3S. The number of aliphatic hydroxyl groups is 1. The third-order valence-electron chi connectivity index (χ3n) is 3.15. The summed E-state index contributed by atoms with van der Waals surface area (Å²) < 4.78 is 60.5. The number of anilines is 1. The lowest BCUT2D eigenvalue weighted by Crippen LogP contribution is -2.12. The summed E-state index contributed by atoms with van der Waals surface area (Å²) in [6, 6.07) is 2.73. The van der Waals surface area contributed by atoms with Gasteiger partial charge >= 0.3 is 6.18 Å². The van der Waals surface area contributed by atoms with Gasteiger partial charge in [0.1, 0.15) is 9.84 Å². The Hall–Kier alpha value is -1.28. The first-order chi connectivity index (χ1) is 9.57. The van der Waals surface area contributed by atoms with E-state index in [1.165, 1.54) is 6.92 Å². The van der Waals surface area contributed by atoms with Crippen molar-refractivity contribution in [2.45, 2.75) is 32.0 Å². The summed E-state index contributed by atoms with van der Waals surface area (Å²) in [6.07, 6.45) is -5.55. The van der Waals surface area contributed by atoms with Gasteiger partial charge in [0.25, 0.3) is 0 Å². The average molecular weight is 325 g/mol. The molecule has 1 rings (SSSR count). The highest BCUT2D eigenvalue weighted by molar-refractivity contribution is 7.91. The fourth-order valence-corrected chi connectivity index (χ4v) is 2.73. The highest BCUT2D eigenvalue weighted by Crippen LogP contribution is 2.34. The molecular weight excluding hydrogens is 307 g/mol. The second kappa shape index (κ2) is 6.65. The molecule has 0 fully saturated rings. The van der Waals surface area contributed by atoms with Crippen LogP contribution in [0.1, 0.15) is 37.0 Å². The quantitative estimate of drug-likeness (QED) is 0.788. The van der Waals surface area contributed by atoms with Crippen molar-refractivity contribution in [3.05, 3.63) is 29.3 Å². The molecule has 1 aromatic carbocycles. The molecule has 0 amide bonds. The Balaban J connectivity index is 2.80. The number of aliphatic hydroxyl groups excluding tert-OH is 1. The SMILES string of the molecule is CCS(=O)(=O)CCCC(O)c1cc(C(F)(F)F)ccc1N. The molecule has 0 heterocycles. The lowest BCUT2D eigenvalue weighted by Gasteiger charge is -2.16. The second-order valence-corrected chi connectivity index (χ2v) is 7.21. The maximum absolute atomic E-state index is 12.6. The van der Waals surface area contributed by atoms with Crippen molar-refractivity contribution < 1.29 is 26.7 Å². The molecule has 1 aromatic rings. The molecule has 1 atom stereocenters. The van der Waals surface area contributed by atoms with Crippen molar-refractivity contribution in [2.75, 3.05) is 17.2 Å². The van der Waals surface area contributed by atoms with Crippen LogP contribution in [-0.2, 0) is 16.0 Å². The van der Waals surface area contributed by atoms with E-state index in [0.29, 0.717) is 0 Å². The van der Waals surface area contributed by atoms with Crippen LogP contribution in [-0.4, -0.2) is 25.0 Å². The van der Waals surface area contributed by atoms with Crippen LogP contribution >= 0.6 is 0 Å². The zero-order chi connectivity index (χ0) is 16.3. The Labute approximate surface area is 121 Å². The Morgan fingerprint density at radius 1 is 1.33 bits per heavy atom. The normalized spacial score (nSPS) is 14.1. The first-order valence-corrected chi connectivity index (χ1v) is 8.24. The number of halogens is 3. The van der Waals surface area contributed by atoms with Crippen LogP contribution in [0.4, 0.5) is 18.9 Å². The minimum absolute atomic E-state index is 0.00517. The summed E-state index contributed by atoms with van der Waals surface area (Å²) >= 11 is 0. The van der Waals surface area contributed by atoms with E-state index in [4.69, 9.17) is 5.73 Å². The summed E-state index contributed by atoms with van der Waals surface area (Å²) in [7, 11) is -3.16. The molecule has 0 aliphatic heterocycles. The van der Waals surface area contributed by atoms with Crippen LogP contribution in [0.25, 0.3) is 0 Å². The largest absolute Gasteiger partial charge is 0.416 e. The molecule has 0 saturated carbocycles. The van der Waals surface area contributed by atoms with E-state index >= 15 is 0 Å². The molecule has 3 N–H and O–H groups in total. The third-order valence-corrected chi connectivity index (χ3v) is 4.94. The number of rotatable bonds is 6. The molecule has 0 aliphatic carbocycles. The smallest absolute Gasteiger partial charge is 0.398 e. The first-order valence-electron chi connectivity index (χ1n) is 6.42. The van der Waals surface area contributed by atoms with Gasteiger partial charge in [0.2, 0.25) is 0 Å². The summed E-state index contributed by atoms with van der Waals surface area (Å²) in [5.41, 5.74) is 4.70. The number of benzene rings is 1. The predicted octanol–water partition coefficient (Wildman–Crippen LogP) is 2.54. The lowest BCUT2D eigenvalue weighted by atomic mass is 10.0. The summed E-state index contributed by atoms with van der Waals surface area (Å²) in [6.45, 7) is 1.51. The molecule has 8 heteroatoms. The van der Waals surface area contributed by atoms with Gasteiger partial charge in [-0.25, -0.2) is 8.42 Å². The Kier molecular flexibility index (Phi) is 5.63. The van der Waals surface area contributed by atoms with Crippen LogP contribution < -0.4 is 5.73 Å². The van der Waals surface area contributed by atoms with E-state index in [1.807, 2.05) is 0 Å². The maximum Gasteiger partial charge on any atom is 0.416 e. The van der Waals surface area contributed by atoms with Crippen LogP contribution in [0.2, 0.25) is 0 Å². The third kappa shape index (κ3) is 5.20. The molecule has 1 unspecified atom stereocenters. The zero-order valence-electron chi connectivity index (χ0n) is 11.5. The van der Waals surface area contributed by atoms with Crippen molar-refractivity contribution in [3.63, 3.8) is 0 Å². The van der Waals surface area contributed by atoms with Gasteiger partial charge in [0.15, 0.2) is 0 Å². The summed E-state index contributed by atoms with van der Waals surface area (Å²) in [5, 5.41) is 9.92. The Bertz CT molecular complexity index is 585. The molecule has 0 aliphatic rings. The topological polar surface area (TPSA) is 80.4 Å². The van der Waals surface area contributed by atoms with E-state index in [9.17, 15) is 26.7 Å². The van der Waals surface area contributed by atoms with Crippen LogP contribution in [0, 0.1) is 0 Å². The van der Waals surface area contributed by atoms with Gasteiger partial charge in [-0.05, 0) is 31.0 Å². The number of nitrogens with two attached hydrogens (primary N) is 1. The molecule has 0 spiro atoms. The van der Waals surface area contributed by atoms with Crippen molar-refractivity contribution in [2.24, 2.45) is 0 Å². The predicted molar refractivity (Wildman–Crippen MR) is 74.4 cm³/mol. The van der Waals surface area contributed by atoms with Crippen LogP contribution in [0.15, 0.2) is 18.2 Å². The average Bonchev–Trinajstić information content (AvgIpc) is 2.37.